The van der Waals surface area contributed by atoms with E-state index < -0.39 is 5.91 Å². The van der Waals surface area contributed by atoms with Crippen molar-refractivity contribution < 1.29 is 9.90 Å². The van der Waals surface area contributed by atoms with Gasteiger partial charge >= 0.3 is 0 Å². The molecule has 132 valence electrons. The predicted octanol–water partition coefficient (Wildman–Crippen LogP) is 4.91. The number of carbonyl (C=O) groups excluding carboxylic acids is 1. The van der Waals surface area contributed by atoms with Gasteiger partial charge in [-0.15, -0.1) is 0 Å². The van der Waals surface area contributed by atoms with Gasteiger partial charge in [0.25, 0.3) is 5.91 Å². The summed E-state index contributed by atoms with van der Waals surface area (Å²) in [6.45, 7) is 0. The van der Waals surface area contributed by atoms with Crippen molar-refractivity contribution in [3.05, 3.63) is 81.1 Å². The van der Waals surface area contributed by atoms with E-state index in [9.17, 15) is 9.90 Å². The van der Waals surface area contributed by atoms with E-state index >= 15 is 0 Å². The third-order valence-electron chi connectivity index (χ3n) is 3.52. The number of benzene rings is 2. The molecular formula is C18H12Cl3N3O2. The van der Waals surface area contributed by atoms with Gasteiger partial charge < -0.3 is 9.67 Å². The van der Waals surface area contributed by atoms with E-state index in [1.54, 1.807) is 35.2 Å². The molecule has 3 rings (SSSR count). The first kappa shape index (κ1) is 18.3. The molecule has 8 heteroatoms. The summed E-state index contributed by atoms with van der Waals surface area (Å²) < 4.78 is 1.74. The summed E-state index contributed by atoms with van der Waals surface area (Å²) in [4.78, 5) is 12.5. The van der Waals surface area contributed by atoms with Crippen molar-refractivity contribution in [2.45, 2.75) is 0 Å². The number of phenols is 1. The van der Waals surface area contributed by atoms with Crippen molar-refractivity contribution in [3.63, 3.8) is 0 Å². The van der Waals surface area contributed by atoms with Crippen LogP contribution in [0, 0.1) is 0 Å². The van der Waals surface area contributed by atoms with E-state index in [1.807, 2.05) is 12.1 Å². The molecule has 0 spiro atoms. The zero-order valence-electron chi connectivity index (χ0n) is 13.2. The normalized spacial score (nSPS) is 11.0. The maximum atomic E-state index is 12.5. The van der Waals surface area contributed by atoms with E-state index in [-0.39, 0.29) is 16.3 Å². The average Bonchev–Trinajstić information content (AvgIpc) is 3.12. The van der Waals surface area contributed by atoms with Gasteiger partial charge in [-0.1, -0.05) is 40.9 Å². The Kier molecular flexibility index (Phi) is 5.52. The Labute approximate surface area is 164 Å². The summed E-state index contributed by atoms with van der Waals surface area (Å²) in [6, 6.07) is 11.6. The summed E-state index contributed by atoms with van der Waals surface area (Å²) in [7, 11) is 0. The number of rotatable bonds is 4. The second kappa shape index (κ2) is 7.83. The largest absolute Gasteiger partial charge is 0.506 e. The van der Waals surface area contributed by atoms with Crippen LogP contribution in [0.2, 0.25) is 15.1 Å². The number of hydrogen-bond donors (Lipinski definition) is 2. The lowest BCUT2D eigenvalue weighted by molar-refractivity contribution is 0.0955. The fourth-order valence-corrected chi connectivity index (χ4v) is 3.13. The third kappa shape index (κ3) is 3.85. The summed E-state index contributed by atoms with van der Waals surface area (Å²) in [5.74, 6) is -0.634. The van der Waals surface area contributed by atoms with Gasteiger partial charge in [-0.2, -0.15) is 5.10 Å². The van der Waals surface area contributed by atoms with E-state index in [1.165, 1.54) is 18.3 Å². The maximum Gasteiger partial charge on any atom is 0.273 e. The zero-order valence-corrected chi connectivity index (χ0v) is 15.4. The summed E-state index contributed by atoms with van der Waals surface area (Å²) in [6.07, 6.45) is 4.82. The van der Waals surface area contributed by atoms with Gasteiger partial charge in [-0.25, -0.2) is 5.43 Å². The summed E-state index contributed by atoms with van der Waals surface area (Å²) in [5.41, 5.74) is 3.57. The van der Waals surface area contributed by atoms with Crippen LogP contribution in [-0.4, -0.2) is 21.8 Å². The minimum absolute atomic E-state index is 0.0926. The molecule has 0 saturated heterocycles. The number of aromatic nitrogens is 1. The minimum Gasteiger partial charge on any atom is -0.506 e. The smallest absolute Gasteiger partial charge is 0.273 e. The molecule has 0 atom stereocenters. The highest BCUT2D eigenvalue weighted by atomic mass is 35.5. The van der Waals surface area contributed by atoms with Crippen molar-refractivity contribution in [2.24, 2.45) is 5.10 Å². The van der Waals surface area contributed by atoms with E-state index in [0.29, 0.717) is 21.3 Å². The number of nitrogens with one attached hydrogen (secondary N) is 1. The Morgan fingerprint density at radius 3 is 2.54 bits per heavy atom. The fourth-order valence-electron chi connectivity index (χ4n) is 2.35. The van der Waals surface area contributed by atoms with Crippen molar-refractivity contribution in [1.29, 1.82) is 0 Å². The highest BCUT2D eigenvalue weighted by Crippen LogP contribution is 2.30. The van der Waals surface area contributed by atoms with Gasteiger partial charge in [0.1, 0.15) is 5.75 Å². The van der Waals surface area contributed by atoms with Gasteiger partial charge in [-0.3, -0.25) is 4.79 Å². The quantitative estimate of drug-likeness (QED) is 0.476. The second-order valence-electron chi connectivity index (χ2n) is 5.25. The Balaban J connectivity index is 1.85. The van der Waals surface area contributed by atoms with Gasteiger partial charge in [0, 0.05) is 23.0 Å². The lowest BCUT2D eigenvalue weighted by Gasteiger charge is -2.11. The van der Waals surface area contributed by atoms with Crippen molar-refractivity contribution in [2.75, 3.05) is 0 Å². The Hall–Kier alpha value is -2.47. The zero-order chi connectivity index (χ0) is 18.7. The Morgan fingerprint density at radius 1 is 1.08 bits per heavy atom. The molecule has 1 aromatic heterocycles. The number of amides is 1. The SMILES string of the molecule is O=C(NN=Cc1cc(Cl)cc(Cl)c1O)c1cccc(Cl)c1-n1cccc1. The molecule has 3 aromatic rings. The summed E-state index contributed by atoms with van der Waals surface area (Å²) in [5, 5.41) is 14.6. The standard InChI is InChI=1S/C18H12Cl3N3O2/c19-12-8-11(17(25)15(21)9-12)10-22-23-18(26)13-4-3-5-14(20)16(13)24-6-1-2-7-24/h1-10,25H,(H,23,26). The Bertz CT molecular complexity index is 986. The highest BCUT2D eigenvalue weighted by Gasteiger charge is 2.15. The second-order valence-corrected chi connectivity index (χ2v) is 6.50. The molecule has 0 bridgehead atoms. The molecule has 0 radical (unpaired) electrons. The molecule has 2 N–H and O–H groups in total. The lowest BCUT2D eigenvalue weighted by Crippen LogP contribution is -2.19. The fraction of sp³-hybridized carbons (Fsp3) is 0. The highest BCUT2D eigenvalue weighted by molar-refractivity contribution is 6.36. The van der Waals surface area contributed by atoms with Crippen LogP contribution in [0.15, 0.2) is 60.0 Å². The van der Waals surface area contributed by atoms with Gasteiger partial charge in [-0.05, 0) is 36.4 Å². The number of hydrazone groups is 1. The first-order valence-corrected chi connectivity index (χ1v) is 8.54. The van der Waals surface area contributed by atoms with Crippen LogP contribution < -0.4 is 5.43 Å². The predicted molar refractivity (Wildman–Crippen MR) is 104 cm³/mol. The number of halogens is 3. The molecule has 26 heavy (non-hydrogen) atoms. The molecule has 2 aromatic carbocycles. The van der Waals surface area contributed by atoms with Crippen molar-refractivity contribution >= 4 is 46.9 Å². The minimum atomic E-state index is -0.458. The molecule has 0 aliphatic rings. The van der Waals surface area contributed by atoms with Crippen LogP contribution in [0.5, 0.6) is 5.75 Å². The first-order chi connectivity index (χ1) is 12.5. The molecule has 1 heterocycles. The van der Waals surface area contributed by atoms with Crippen LogP contribution in [0.4, 0.5) is 0 Å². The molecule has 5 nitrogen and oxygen atoms in total. The molecule has 0 saturated carbocycles. The maximum absolute atomic E-state index is 12.5. The van der Waals surface area contributed by atoms with Crippen molar-refractivity contribution in [1.82, 2.24) is 9.99 Å². The van der Waals surface area contributed by atoms with Gasteiger partial charge in [0.2, 0.25) is 0 Å². The average molecular weight is 409 g/mol. The van der Waals surface area contributed by atoms with Crippen LogP contribution in [0.25, 0.3) is 5.69 Å². The third-order valence-corrected chi connectivity index (χ3v) is 4.33. The van der Waals surface area contributed by atoms with Gasteiger partial charge in [0.05, 0.1) is 27.5 Å². The number of para-hydroxylation sites is 1. The molecule has 0 aliphatic carbocycles. The van der Waals surface area contributed by atoms with E-state index in [4.69, 9.17) is 34.8 Å². The van der Waals surface area contributed by atoms with Gasteiger partial charge in [0.15, 0.2) is 0 Å². The number of carbonyl (C=O) groups is 1. The monoisotopic (exact) mass is 407 g/mol. The van der Waals surface area contributed by atoms with Crippen molar-refractivity contribution in [3.8, 4) is 11.4 Å². The van der Waals surface area contributed by atoms with Crippen LogP contribution >= 0.6 is 34.8 Å². The number of aromatic hydroxyl groups is 1. The molecule has 0 fully saturated rings. The first-order valence-electron chi connectivity index (χ1n) is 7.40. The van der Waals surface area contributed by atoms with Crippen LogP contribution in [0.1, 0.15) is 15.9 Å². The van der Waals surface area contributed by atoms with E-state index in [2.05, 4.69) is 10.5 Å². The molecule has 0 unspecified atom stereocenters. The molecule has 0 aliphatic heterocycles. The lowest BCUT2D eigenvalue weighted by atomic mass is 10.1. The number of nitrogens with zero attached hydrogens (tertiary/aromatic N) is 2. The molecular weight excluding hydrogens is 397 g/mol. The number of hydrogen-bond acceptors (Lipinski definition) is 3. The van der Waals surface area contributed by atoms with E-state index in [0.717, 1.165) is 0 Å². The van der Waals surface area contributed by atoms with Crippen LogP contribution in [-0.2, 0) is 0 Å². The topological polar surface area (TPSA) is 66.6 Å². The number of phenolic OH excluding ortho intramolecular Hbond substituents is 1. The Morgan fingerprint density at radius 2 is 1.81 bits per heavy atom. The summed E-state index contributed by atoms with van der Waals surface area (Å²) >= 11 is 18.0. The molecule has 1 amide bonds. The van der Waals surface area contributed by atoms with Crippen LogP contribution in [0.3, 0.4) is 0 Å².